The molecular weight excluding hydrogens is 258 g/mol. The molecule has 1 aliphatic carbocycles. The van der Waals surface area contributed by atoms with Gasteiger partial charge >= 0.3 is 0 Å². The zero-order chi connectivity index (χ0) is 14.8. The van der Waals surface area contributed by atoms with E-state index < -0.39 is 0 Å². The summed E-state index contributed by atoms with van der Waals surface area (Å²) in [6, 6.07) is 8.91. The fourth-order valence-corrected chi connectivity index (χ4v) is 3.05. The molecule has 0 fully saturated rings. The van der Waals surface area contributed by atoms with Gasteiger partial charge in [0, 0.05) is 29.4 Å². The second kappa shape index (κ2) is 5.94. The molecule has 1 heterocycles. The lowest BCUT2D eigenvalue weighted by atomic mass is 9.77. The number of nitrogens with one attached hydrogen (secondary N) is 1. The Bertz CT molecular complexity index is 636. The van der Waals surface area contributed by atoms with Gasteiger partial charge in [0.1, 0.15) is 5.82 Å². The van der Waals surface area contributed by atoms with E-state index in [2.05, 4.69) is 55.3 Å². The maximum Gasteiger partial charge on any atom is 0.136 e. The molecule has 0 saturated heterocycles. The van der Waals surface area contributed by atoms with Crippen LogP contribution >= 0.6 is 0 Å². The maximum atomic E-state index is 4.77. The summed E-state index contributed by atoms with van der Waals surface area (Å²) in [6.07, 6.45) is 4.21. The van der Waals surface area contributed by atoms with Gasteiger partial charge in [-0.15, -0.1) is 0 Å². The first-order valence-corrected chi connectivity index (χ1v) is 7.85. The molecule has 0 saturated carbocycles. The van der Waals surface area contributed by atoms with Crippen molar-refractivity contribution in [2.75, 3.05) is 6.54 Å². The summed E-state index contributed by atoms with van der Waals surface area (Å²) in [7, 11) is 0. The van der Waals surface area contributed by atoms with Crippen molar-refractivity contribution in [2.45, 2.75) is 45.6 Å². The van der Waals surface area contributed by atoms with Crippen LogP contribution in [-0.4, -0.2) is 16.5 Å². The van der Waals surface area contributed by atoms with Gasteiger partial charge < -0.3 is 5.32 Å². The predicted molar refractivity (Wildman–Crippen MR) is 85.5 cm³/mol. The highest BCUT2D eigenvalue weighted by Crippen LogP contribution is 2.38. The van der Waals surface area contributed by atoms with Crippen LogP contribution in [0.5, 0.6) is 0 Å². The van der Waals surface area contributed by atoms with Crippen LogP contribution in [0.3, 0.4) is 0 Å². The average molecular weight is 281 g/mol. The normalized spacial score (nSPS) is 18.0. The summed E-state index contributed by atoms with van der Waals surface area (Å²) in [5.41, 5.74) is 5.13. The molecule has 0 aliphatic heterocycles. The van der Waals surface area contributed by atoms with Crippen LogP contribution in [0.15, 0.2) is 30.5 Å². The SMILES string of the molecule is CCCNC(C)c1cnc(C2Cc3ccccc32)nc1C. The Morgan fingerprint density at radius 1 is 1.33 bits per heavy atom. The van der Waals surface area contributed by atoms with Crippen molar-refractivity contribution in [3.05, 3.63) is 58.7 Å². The molecule has 3 nitrogen and oxygen atoms in total. The second-order valence-electron chi connectivity index (χ2n) is 5.90. The highest BCUT2D eigenvalue weighted by Gasteiger charge is 2.29. The first-order valence-electron chi connectivity index (χ1n) is 7.85. The van der Waals surface area contributed by atoms with E-state index in [1.165, 1.54) is 16.7 Å². The monoisotopic (exact) mass is 281 g/mol. The van der Waals surface area contributed by atoms with Gasteiger partial charge in [-0.2, -0.15) is 0 Å². The number of hydrogen-bond donors (Lipinski definition) is 1. The van der Waals surface area contributed by atoms with Crippen molar-refractivity contribution in [3.63, 3.8) is 0 Å². The highest BCUT2D eigenvalue weighted by molar-refractivity contribution is 5.44. The van der Waals surface area contributed by atoms with Gasteiger partial charge in [-0.1, -0.05) is 31.2 Å². The molecule has 2 aromatic rings. The van der Waals surface area contributed by atoms with Crippen LogP contribution in [0.1, 0.15) is 60.4 Å². The van der Waals surface area contributed by atoms with Crippen LogP contribution in [0.25, 0.3) is 0 Å². The Hall–Kier alpha value is -1.74. The third kappa shape index (κ3) is 2.70. The van der Waals surface area contributed by atoms with Gasteiger partial charge in [0.2, 0.25) is 0 Å². The number of aromatic nitrogens is 2. The zero-order valence-corrected chi connectivity index (χ0v) is 13.1. The number of hydrogen-bond acceptors (Lipinski definition) is 3. The molecular formula is C18H23N3. The molecule has 1 aromatic heterocycles. The summed E-state index contributed by atoms with van der Waals surface area (Å²) in [5, 5.41) is 3.50. The summed E-state index contributed by atoms with van der Waals surface area (Å²) >= 11 is 0. The molecule has 0 spiro atoms. The fourth-order valence-electron chi connectivity index (χ4n) is 3.05. The highest BCUT2D eigenvalue weighted by atomic mass is 14.9. The minimum atomic E-state index is 0.313. The van der Waals surface area contributed by atoms with Crippen molar-refractivity contribution in [1.82, 2.24) is 15.3 Å². The fraction of sp³-hybridized carbons (Fsp3) is 0.444. The Labute approximate surface area is 126 Å². The molecule has 3 rings (SSSR count). The largest absolute Gasteiger partial charge is 0.310 e. The summed E-state index contributed by atoms with van der Waals surface area (Å²) in [4.78, 5) is 9.41. The number of nitrogens with zero attached hydrogens (tertiary/aromatic N) is 2. The molecule has 2 unspecified atom stereocenters. The molecule has 1 N–H and O–H groups in total. The number of benzene rings is 1. The van der Waals surface area contributed by atoms with E-state index in [0.29, 0.717) is 12.0 Å². The van der Waals surface area contributed by atoms with Crippen molar-refractivity contribution in [2.24, 2.45) is 0 Å². The lowest BCUT2D eigenvalue weighted by molar-refractivity contribution is 0.559. The van der Waals surface area contributed by atoms with Gasteiger partial charge in [-0.3, -0.25) is 0 Å². The summed E-state index contributed by atoms with van der Waals surface area (Å²) < 4.78 is 0. The van der Waals surface area contributed by atoms with Crippen LogP contribution in [0.4, 0.5) is 0 Å². The van der Waals surface area contributed by atoms with Crippen LogP contribution in [0, 0.1) is 6.92 Å². The van der Waals surface area contributed by atoms with Gasteiger partial charge in [-0.25, -0.2) is 9.97 Å². The number of rotatable bonds is 5. The van der Waals surface area contributed by atoms with Crippen LogP contribution < -0.4 is 5.32 Å². The van der Waals surface area contributed by atoms with Gasteiger partial charge in [0.25, 0.3) is 0 Å². The Kier molecular flexibility index (Phi) is 4.02. The Morgan fingerprint density at radius 3 is 2.86 bits per heavy atom. The first-order chi connectivity index (χ1) is 10.2. The van der Waals surface area contributed by atoms with Gasteiger partial charge in [-0.05, 0) is 44.4 Å². The van der Waals surface area contributed by atoms with Crippen molar-refractivity contribution in [1.29, 1.82) is 0 Å². The van der Waals surface area contributed by atoms with Crippen molar-refractivity contribution >= 4 is 0 Å². The Balaban J connectivity index is 1.80. The maximum absolute atomic E-state index is 4.77. The van der Waals surface area contributed by atoms with E-state index in [9.17, 15) is 0 Å². The molecule has 1 aromatic carbocycles. The molecule has 0 radical (unpaired) electrons. The summed E-state index contributed by atoms with van der Waals surface area (Å²) in [5.74, 6) is 1.35. The first kappa shape index (κ1) is 14.2. The van der Waals surface area contributed by atoms with E-state index >= 15 is 0 Å². The zero-order valence-electron chi connectivity index (χ0n) is 13.1. The second-order valence-corrected chi connectivity index (χ2v) is 5.90. The molecule has 110 valence electrons. The quantitative estimate of drug-likeness (QED) is 0.911. The topological polar surface area (TPSA) is 37.8 Å². The minimum absolute atomic E-state index is 0.313. The van der Waals surface area contributed by atoms with E-state index in [0.717, 1.165) is 30.9 Å². The van der Waals surface area contributed by atoms with E-state index in [-0.39, 0.29) is 0 Å². The molecule has 3 heteroatoms. The molecule has 1 aliphatic rings. The number of fused-ring (bicyclic) bond motifs is 1. The predicted octanol–water partition coefficient (Wildman–Crippen LogP) is 3.53. The summed E-state index contributed by atoms with van der Waals surface area (Å²) in [6.45, 7) is 7.48. The molecule has 2 atom stereocenters. The standard InChI is InChI=1S/C18H23N3/c1-4-9-19-12(2)17-11-20-18(21-13(17)3)16-10-14-7-5-6-8-15(14)16/h5-8,11-12,16,19H,4,9-10H2,1-3H3. The Morgan fingerprint density at radius 2 is 2.14 bits per heavy atom. The molecule has 21 heavy (non-hydrogen) atoms. The lowest BCUT2D eigenvalue weighted by Gasteiger charge is -2.29. The smallest absolute Gasteiger partial charge is 0.136 e. The van der Waals surface area contributed by atoms with E-state index in [1.54, 1.807) is 0 Å². The van der Waals surface area contributed by atoms with Crippen LogP contribution in [0.2, 0.25) is 0 Å². The van der Waals surface area contributed by atoms with Gasteiger partial charge in [0.05, 0.1) is 0 Å². The molecule has 0 bridgehead atoms. The van der Waals surface area contributed by atoms with Gasteiger partial charge in [0.15, 0.2) is 0 Å². The van der Waals surface area contributed by atoms with Crippen LogP contribution in [-0.2, 0) is 6.42 Å². The average Bonchev–Trinajstić information content (AvgIpc) is 2.46. The molecule has 0 amide bonds. The van der Waals surface area contributed by atoms with Crippen molar-refractivity contribution < 1.29 is 0 Å². The van der Waals surface area contributed by atoms with E-state index in [4.69, 9.17) is 4.98 Å². The number of aryl methyl sites for hydroxylation is 1. The lowest BCUT2D eigenvalue weighted by Crippen LogP contribution is -2.23. The van der Waals surface area contributed by atoms with E-state index in [1.807, 2.05) is 6.20 Å². The third-order valence-electron chi connectivity index (χ3n) is 4.37. The van der Waals surface area contributed by atoms with Crippen molar-refractivity contribution in [3.8, 4) is 0 Å². The third-order valence-corrected chi connectivity index (χ3v) is 4.37. The minimum Gasteiger partial charge on any atom is -0.310 e.